The standard InChI is InChI=1S/C21H27FN6OS/c1-12(13(2)26-24-3)16-11-30-20(19(16)23)21(29)28-9-14-7-27(8-15(14)10-28)18-6-4-5-17(22)25-18/h4-6,14-15,24H,7-11,23H2,1-3H3/b16-12+,26-13-. The number of nitrogens with two attached hydrogens (primary N) is 1. The summed E-state index contributed by atoms with van der Waals surface area (Å²) in [5, 5.41) is 4.22. The normalized spacial score (nSPS) is 25.8. The fourth-order valence-electron chi connectivity index (χ4n) is 4.46. The van der Waals surface area contributed by atoms with Gasteiger partial charge in [0, 0.05) is 50.8 Å². The van der Waals surface area contributed by atoms with Gasteiger partial charge in [0.05, 0.1) is 16.3 Å². The van der Waals surface area contributed by atoms with E-state index >= 15 is 0 Å². The first kappa shape index (κ1) is 20.7. The van der Waals surface area contributed by atoms with Gasteiger partial charge in [-0.25, -0.2) is 4.98 Å². The number of hydrogen-bond donors (Lipinski definition) is 2. The van der Waals surface area contributed by atoms with E-state index in [1.807, 2.05) is 24.8 Å². The Labute approximate surface area is 180 Å². The Bertz CT molecular complexity index is 945. The third-order valence-electron chi connectivity index (χ3n) is 6.20. The third-order valence-corrected chi connectivity index (χ3v) is 7.31. The molecule has 0 spiro atoms. The maximum absolute atomic E-state index is 13.4. The van der Waals surface area contributed by atoms with Gasteiger partial charge in [-0.05, 0) is 37.1 Å². The molecule has 2 unspecified atom stereocenters. The van der Waals surface area contributed by atoms with Gasteiger partial charge >= 0.3 is 0 Å². The van der Waals surface area contributed by atoms with Crippen LogP contribution in [0.2, 0.25) is 0 Å². The number of hydrogen-bond acceptors (Lipinski definition) is 7. The molecule has 2 atom stereocenters. The van der Waals surface area contributed by atoms with Crippen molar-refractivity contribution < 1.29 is 9.18 Å². The summed E-state index contributed by atoms with van der Waals surface area (Å²) in [4.78, 5) is 21.9. The van der Waals surface area contributed by atoms with Gasteiger partial charge in [-0.3, -0.25) is 4.79 Å². The monoisotopic (exact) mass is 430 g/mol. The molecule has 1 aromatic heterocycles. The lowest BCUT2D eigenvalue weighted by atomic mass is 10.0. The van der Waals surface area contributed by atoms with Crippen LogP contribution in [0, 0.1) is 17.8 Å². The van der Waals surface area contributed by atoms with Crippen molar-refractivity contribution in [2.75, 3.05) is 43.9 Å². The Balaban J connectivity index is 1.44. The van der Waals surface area contributed by atoms with Gasteiger partial charge in [0.2, 0.25) is 5.95 Å². The number of nitrogens with zero attached hydrogens (tertiary/aromatic N) is 4. The Morgan fingerprint density at radius 1 is 1.27 bits per heavy atom. The van der Waals surface area contributed by atoms with E-state index in [1.165, 1.54) is 17.8 Å². The topological polar surface area (TPSA) is 86.9 Å². The molecular formula is C21H27FN6OS. The molecular weight excluding hydrogens is 403 g/mol. The zero-order valence-corrected chi connectivity index (χ0v) is 18.3. The number of thioether (sulfide) groups is 1. The lowest BCUT2D eigenvalue weighted by molar-refractivity contribution is -0.125. The highest BCUT2D eigenvalue weighted by atomic mass is 32.2. The van der Waals surface area contributed by atoms with Gasteiger partial charge in [-0.1, -0.05) is 6.07 Å². The van der Waals surface area contributed by atoms with Gasteiger partial charge in [-0.2, -0.15) is 9.49 Å². The van der Waals surface area contributed by atoms with Gasteiger partial charge in [0.15, 0.2) is 0 Å². The SMILES string of the molecule is CN/N=C(C)\C(C)=C1/CSC(C(=O)N2CC3CN(c4cccc(F)n4)CC3C2)=C1N. The number of nitrogens with one attached hydrogen (secondary N) is 1. The van der Waals surface area contributed by atoms with E-state index < -0.39 is 5.95 Å². The summed E-state index contributed by atoms with van der Waals surface area (Å²) in [6.07, 6.45) is 0. The molecule has 0 saturated carbocycles. The van der Waals surface area contributed by atoms with E-state index in [1.54, 1.807) is 13.1 Å². The van der Waals surface area contributed by atoms with E-state index in [4.69, 9.17) is 5.73 Å². The minimum absolute atomic E-state index is 0.0216. The molecule has 3 aliphatic rings. The highest BCUT2D eigenvalue weighted by molar-refractivity contribution is 8.04. The Hall–Kier alpha value is -2.55. The average molecular weight is 431 g/mol. The van der Waals surface area contributed by atoms with E-state index in [9.17, 15) is 9.18 Å². The van der Waals surface area contributed by atoms with Crippen LogP contribution in [0.3, 0.4) is 0 Å². The van der Waals surface area contributed by atoms with Crippen molar-refractivity contribution in [1.82, 2.24) is 15.3 Å². The third kappa shape index (κ3) is 3.78. The van der Waals surface area contributed by atoms with Gasteiger partial charge in [0.25, 0.3) is 5.91 Å². The van der Waals surface area contributed by atoms with E-state index in [0.29, 0.717) is 47.1 Å². The Morgan fingerprint density at radius 3 is 2.60 bits per heavy atom. The van der Waals surface area contributed by atoms with Crippen molar-refractivity contribution in [3.05, 3.63) is 45.9 Å². The van der Waals surface area contributed by atoms with Crippen LogP contribution in [0.15, 0.2) is 45.0 Å². The molecule has 3 N–H and O–H groups in total. The smallest absolute Gasteiger partial charge is 0.262 e. The predicted octanol–water partition coefficient (Wildman–Crippen LogP) is 1.94. The van der Waals surface area contributed by atoms with Crippen LogP contribution in [0.4, 0.5) is 10.2 Å². The second-order valence-electron chi connectivity index (χ2n) is 8.01. The van der Waals surface area contributed by atoms with Crippen molar-refractivity contribution in [2.24, 2.45) is 22.7 Å². The number of fused-ring (bicyclic) bond motifs is 1. The summed E-state index contributed by atoms with van der Waals surface area (Å²) in [5.74, 6) is 1.66. The van der Waals surface area contributed by atoms with Crippen molar-refractivity contribution in [1.29, 1.82) is 0 Å². The molecule has 160 valence electrons. The molecule has 0 bridgehead atoms. The summed E-state index contributed by atoms with van der Waals surface area (Å²) >= 11 is 1.51. The molecule has 7 nitrogen and oxygen atoms in total. The number of aromatic nitrogens is 1. The van der Waals surface area contributed by atoms with Crippen molar-refractivity contribution >= 4 is 29.2 Å². The van der Waals surface area contributed by atoms with Crippen LogP contribution < -0.4 is 16.1 Å². The molecule has 4 heterocycles. The molecule has 3 aliphatic heterocycles. The first-order valence-electron chi connectivity index (χ1n) is 10.1. The second kappa shape index (κ2) is 8.29. The zero-order valence-electron chi connectivity index (χ0n) is 17.5. The van der Waals surface area contributed by atoms with Crippen LogP contribution in [-0.2, 0) is 4.79 Å². The highest BCUT2D eigenvalue weighted by Crippen LogP contribution is 2.39. The first-order valence-corrected chi connectivity index (χ1v) is 11.1. The lowest BCUT2D eigenvalue weighted by Crippen LogP contribution is -2.34. The number of carbonyl (C=O) groups excluding carboxylic acids is 1. The molecule has 2 saturated heterocycles. The fourth-order valence-corrected chi connectivity index (χ4v) is 5.65. The highest BCUT2D eigenvalue weighted by Gasteiger charge is 2.43. The molecule has 30 heavy (non-hydrogen) atoms. The molecule has 1 amide bonds. The van der Waals surface area contributed by atoms with Gasteiger partial charge in [-0.15, -0.1) is 11.8 Å². The number of carbonyl (C=O) groups is 1. The number of amides is 1. The number of likely N-dealkylation sites (tertiary alicyclic amines) is 1. The van der Waals surface area contributed by atoms with E-state index in [-0.39, 0.29) is 5.91 Å². The number of anilines is 1. The number of hydrazone groups is 1. The number of rotatable bonds is 4. The van der Waals surface area contributed by atoms with Crippen LogP contribution in [0.25, 0.3) is 0 Å². The lowest BCUT2D eigenvalue weighted by Gasteiger charge is -2.22. The Morgan fingerprint density at radius 2 is 1.97 bits per heavy atom. The van der Waals surface area contributed by atoms with Gasteiger partial charge in [0.1, 0.15) is 5.82 Å². The molecule has 0 aliphatic carbocycles. The van der Waals surface area contributed by atoms with Crippen molar-refractivity contribution in [2.45, 2.75) is 13.8 Å². The van der Waals surface area contributed by atoms with Crippen LogP contribution in [-0.4, -0.2) is 60.5 Å². The molecule has 1 aromatic rings. The Kier molecular flexibility index (Phi) is 5.73. The molecule has 9 heteroatoms. The molecule has 0 aromatic carbocycles. The quantitative estimate of drug-likeness (QED) is 0.431. The molecule has 4 rings (SSSR count). The first-order chi connectivity index (χ1) is 14.4. The van der Waals surface area contributed by atoms with Crippen molar-refractivity contribution in [3.8, 4) is 0 Å². The minimum atomic E-state index is -0.462. The van der Waals surface area contributed by atoms with Crippen molar-refractivity contribution in [3.63, 3.8) is 0 Å². The number of allylic oxidation sites excluding steroid dienone is 2. The largest absolute Gasteiger partial charge is 0.397 e. The van der Waals surface area contributed by atoms with Crippen LogP contribution in [0.1, 0.15) is 13.8 Å². The summed E-state index contributed by atoms with van der Waals surface area (Å²) in [5.41, 5.74) is 12.6. The summed E-state index contributed by atoms with van der Waals surface area (Å²) < 4.78 is 13.4. The summed E-state index contributed by atoms with van der Waals surface area (Å²) in [7, 11) is 1.76. The van der Waals surface area contributed by atoms with E-state index in [0.717, 1.165) is 29.9 Å². The maximum atomic E-state index is 13.4. The van der Waals surface area contributed by atoms with Gasteiger partial charge < -0.3 is 21.0 Å². The van der Waals surface area contributed by atoms with E-state index in [2.05, 4.69) is 20.4 Å². The number of halogens is 1. The molecule has 2 fully saturated rings. The van der Waals surface area contributed by atoms with Crippen LogP contribution >= 0.6 is 11.8 Å². The number of pyridine rings is 1. The fraction of sp³-hybridized carbons (Fsp3) is 0.476. The summed E-state index contributed by atoms with van der Waals surface area (Å²) in [6, 6.07) is 4.88. The predicted molar refractivity (Wildman–Crippen MR) is 119 cm³/mol. The zero-order chi connectivity index (χ0) is 21.4. The summed E-state index contributed by atoms with van der Waals surface area (Å²) in [6.45, 7) is 6.89. The minimum Gasteiger partial charge on any atom is -0.397 e. The van der Waals surface area contributed by atoms with Crippen LogP contribution in [0.5, 0.6) is 0 Å². The molecule has 0 radical (unpaired) electrons. The maximum Gasteiger partial charge on any atom is 0.262 e. The second-order valence-corrected chi connectivity index (χ2v) is 9.00. The average Bonchev–Trinajstić information content (AvgIpc) is 3.40.